The summed E-state index contributed by atoms with van der Waals surface area (Å²) >= 11 is 0. The van der Waals surface area contributed by atoms with E-state index >= 15 is 0 Å². The maximum absolute atomic E-state index is 13.6. The van der Waals surface area contributed by atoms with Crippen LogP contribution in [0, 0.1) is 0 Å². The van der Waals surface area contributed by atoms with Crippen molar-refractivity contribution in [3.05, 3.63) is 65.7 Å². The first-order valence-corrected chi connectivity index (χ1v) is 14.2. The number of anilines is 1. The molecule has 41 heavy (non-hydrogen) atoms. The highest BCUT2D eigenvalue weighted by atomic mass is 16.5. The molecule has 0 saturated carbocycles. The molecule has 2 aliphatic heterocycles. The number of likely N-dealkylation sites (tertiary alicyclic amines) is 1. The van der Waals surface area contributed by atoms with Crippen LogP contribution in [-0.2, 0) is 20.9 Å². The van der Waals surface area contributed by atoms with Crippen LogP contribution in [0.1, 0.15) is 30.4 Å². The predicted octanol–water partition coefficient (Wildman–Crippen LogP) is 4.14. The highest BCUT2D eigenvalue weighted by Gasteiger charge is 2.23. The van der Waals surface area contributed by atoms with Crippen LogP contribution in [0.5, 0.6) is 11.5 Å². The number of aromatic nitrogens is 1. The number of morpholine rings is 1. The third-order valence-electron chi connectivity index (χ3n) is 7.63. The SMILES string of the molecule is COc1ccc(C=CC(=O)N(CCCN2CCCC2=O)Cc2cc3ccc(OC)cc3nc2N2CCOCC2)cc1. The van der Waals surface area contributed by atoms with Gasteiger partial charge in [0.05, 0.1) is 33.0 Å². The number of benzene rings is 2. The van der Waals surface area contributed by atoms with E-state index in [0.29, 0.717) is 45.7 Å². The number of methoxy groups -OCH3 is 2. The molecule has 2 aliphatic rings. The molecular weight excluding hydrogens is 520 g/mol. The normalized spacial score (nSPS) is 15.6. The van der Waals surface area contributed by atoms with Crippen molar-refractivity contribution >= 4 is 34.6 Å². The van der Waals surface area contributed by atoms with Gasteiger partial charge in [0.15, 0.2) is 0 Å². The molecule has 5 rings (SSSR count). The molecule has 0 spiro atoms. The van der Waals surface area contributed by atoms with Crippen LogP contribution in [0.3, 0.4) is 0 Å². The van der Waals surface area contributed by atoms with Gasteiger partial charge in [-0.2, -0.15) is 0 Å². The van der Waals surface area contributed by atoms with Crippen LogP contribution >= 0.6 is 0 Å². The second kappa shape index (κ2) is 13.5. The number of rotatable bonds is 11. The molecule has 3 aromatic rings. The number of fused-ring (bicyclic) bond motifs is 1. The smallest absolute Gasteiger partial charge is 0.246 e. The minimum atomic E-state index is -0.0867. The van der Waals surface area contributed by atoms with E-state index in [0.717, 1.165) is 65.4 Å². The van der Waals surface area contributed by atoms with E-state index in [1.165, 1.54) is 0 Å². The Morgan fingerprint density at radius 2 is 1.78 bits per heavy atom. The second-order valence-corrected chi connectivity index (χ2v) is 10.3. The van der Waals surface area contributed by atoms with E-state index in [-0.39, 0.29) is 11.8 Å². The van der Waals surface area contributed by atoms with Gasteiger partial charge in [0, 0.05) is 68.8 Å². The largest absolute Gasteiger partial charge is 0.497 e. The van der Waals surface area contributed by atoms with Gasteiger partial charge >= 0.3 is 0 Å². The van der Waals surface area contributed by atoms with Crippen molar-refractivity contribution in [2.24, 2.45) is 0 Å². The standard InChI is InChI=1S/C32H38N4O5/c1-39-27-10-6-24(7-11-27)8-13-31(38)36(16-4-15-34-14-3-5-30(34)37)23-26-21-25-9-12-28(40-2)22-29(25)33-32(26)35-17-19-41-20-18-35/h6-13,21-22H,3-5,14-20,23H2,1-2H3. The summed E-state index contributed by atoms with van der Waals surface area (Å²) in [5.74, 6) is 2.49. The Morgan fingerprint density at radius 3 is 2.49 bits per heavy atom. The quantitative estimate of drug-likeness (QED) is 0.327. The van der Waals surface area contributed by atoms with Crippen LogP contribution in [0.15, 0.2) is 54.6 Å². The lowest BCUT2D eigenvalue weighted by Gasteiger charge is -2.31. The summed E-state index contributed by atoms with van der Waals surface area (Å²) in [6, 6.07) is 15.6. The zero-order valence-corrected chi connectivity index (χ0v) is 23.9. The molecule has 2 fully saturated rings. The Kier molecular flexibility index (Phi) is 9.36. The lowest BCUT2D eigenvalue weighted by atomic mass is 10.1. The topological polar surface area (TPSA) is 84.4 Å². The van der Waals surface area contributed by atoms with Crippen molar-refractivity contribution in [3.63, 3.8) is 0 Å². The Bertz CT molecular complexity index is 1380. The van der Waals surface area contributed by atoms with Crippen molar-refractivity contribution in [2.45, 2.75) is 25.8 Å². The van der Waals surface area contributed by atoms with Crippen molar-refractivity contribution in [1.82, 2.24) is 14.8 Å². The van der Waals surface area contributed by atoms with Crippen LogP contribution in [0.4, 0.5) is 5.82 Å². The molecule has 9 nitrogen and oxygen atoms in total. The van der Waals surface area contributed by atoms with Gasteiger partial charge in [0.25, 0.3) is 0 Å². The molecule has 0 N–H and O–H groups in total. The number of ether oxygens (including phenoxy) is 3. The summed E-state index contributed by atoms with van der Waals surface area (Å²) in [6.45, 7) is 5.11. The van der Waals surface area contributed by atoms with Gasteiger partial charge in [0.2, 0.25) is 11.8 Å². The molecular formula is C32H38N4O5. The van der Waals surface area contributed by atoms with E-state index in [2.05, 4.69) is 11.0 Å². The van der Waals surface area contributed by atoms with Crippen molar-refractivity contribution in [1.29, 1.82) is 0 Å². The van der Waals surface area contributed by atoms with Crippen LogP contribution < -0.4 is 14.4 Å². The Morgan fingerprint density at radius 1 is 1.02 bits per heavy atom. The van der Waals surface area contributed by atoms with Crippen molar-refractivity contribution < 1.29 is 23.8 Å². The number of nitrogens with zero attached hydrogens (tertiary/aromatic N) is 4. The monoisotopic (exact) mass is 558 g/mol. The van der Waals surface area contributed by atoms with Crippen LogP contribution in [-0.4, -0.2) is 86.8 Å². The molecule has 0 radical (unpaired) electrons. The summed E-state index contributed by atoms with van der Waals surface area (Å²) in [7, 11) is 3.28. The van der Waals surface area contributed by atoms with Gasteiger partial charge in [0.1, 0.15) is 17.3 Å². The van der Waals surface area contributed by atoms with Crippen molar-refractivity contribution in [2.75, 3.05) is 65.1 Å². The van der Waals surface area contributed by atoms with Crippen molar-refractivity contribution in [3.8, 4) is 11.5 Å². The Hall–Kier alpha value is -4.11. The third kappa shape index (κ3) is 7.16. The van der Waals surface area contributed by atoms with Crippen LogP contribution in [0.25, 0.3) is 17.0 Å². The number of carbonyl (C=O) groups excluding carboxylic acids is 2. The minimum absolute atomic E-state index is 0.0867. The molecule has 0 atom stereocenters. The maximum Gasteiger partial charge on any atom is 0.246 e. The maximum atomic E-state index is 13.6. The van der Waals surface area contributed by atoms with Gasteiger partial charge in [-0.1, -0.05) is 12.1 Å². The average Bonchev–Trinajstić information content (AvgIpc) is 3.43. The summed E-state index contributed by atoms with van der Waals surface area (Å²) in [6.07, 6.45) is 5.67. The second-order valence-electron chi connectivity index (χ2n) is 10.3. The number of amides is 2. The van der Waals surface area contributed by atoms with Gasteiger partial charge in [-0.15, -0.1) is 0 Å². The Balaban J connectivity index is 1.42. The molecule has 2 aromatic carbocycles. The predicted molar refractivity (Wildman–Crippen MR) is 159 cm³/mol. The molecule has 0 bridgehead atoms. The number of pyridine rings is 1. The summed E-state index contributed by atoms with van der Waals surface area (Å²) in [5, 5.41) is 0.988. The van der Waals surface area contributed by atoms with Gasteiger partial charge < -0.3 is 28.9 Å². The molecule has 2 saturated heterocycles. The molecule has 1 aromatic heterocycles. The first kappa shape index (κ1) is 28.4. The molecule has 216 valence electrons. The lowest BCUT2D eigenvalue weighted by Crippen LogP contribution is -2.38. The first-order chi connectivity index (χ1) is 20.0. The summed E-state index contributed by atoms with van der Waals surface area (Å²) in [4.78, 5) is 36.8. The minimum Gasteiger partial charge on any atom is -0.497 e. The summed E-state index contributed by atoms with van der Waals surface area (Å²) < 4.78 is 16.3. The van der Waals surface area contributed by atoms with Gasteiger partial charge in [-0.05, 0) is 54.8 Å². The summed E-state index contributed by atoms with van der Waals surface area (Å²) in [5.41, 5.74) is 2.74. The average molecular weight is 559 g/mol. The fourth-order valence-corrected chi connectivity index (χ4v) is 5.33. The molecule has 3 heterocycles. The fraction of sp³-hybridized carbons (Fsp3) is 0.406. The molecule has 2 amide bonds. The zero-order valence-electron chi connectivity index (χ0n) is 23.9. The highest BCUT2D eigenvalue weighted by Crippen LogP contribution is 2.28. The molecule has 0 aliphatic carbocycles. The first-order valence-electron chi connectivity index (χ1n) is 14.2. The fourth-order valence-electron chi connectivity index (χ4n) is 5.33. The number of carbonyl (C=O) groups is 2. The van der Waals surface area contributed by atoms with E-state index in [9.17, 15) is 9.59 Å². The Labute approximate surface area is 241 Å². The lowest BCUT2D eigenvalue weighted by molar-refractivity contribution is -0.127. The third-order valence-corrected chi connectivity index (χ3v) is 7.63. The van der Waals surface area contributed by atoms with E-state index in [4.69, 9.17) is 19.2 Å². The van der Waals surface area contributed by atoms with Gasteiger partial charge in [-0.25, -0.2) is 4.98 Å². The van der Waals surface area contributed by atoms with Crippen LogP contribution in [0.2, 0.25) is 0 Å². The zero-order chi connectivity index (χ0) is 28.6. The van der Waals surface area contributed by atoms with E-state index < -0.39 is 0 Å². The number of hydrogen-bond donors (Lipinski definition) is 0. The molecule has 0 unspecified atom stereocenters. The number of hydrogen-bond acceptors (Lipinski definition) is 7. The van der Waals surface area contributed by atoms with E-state index in [1.54, 1.807) is 20.3 Å². The van der Waals surface area contributed by atoms with E-state index in [1.807, 2.05) is 58.3 Å². The molecule has 9 heteroatoms. The highest BCUT2D eigenvalue weighted by molar-refractivity contribution is 5.92. The van der Waals surface area contributed by atoms with Gasteiger partial charge in [-0.3, -0.25) is 9.59 Å².